The van der Waals surface area contributed by atoms with Gasteiger partial charge in [0, 0.05) is 6.61 Å². The molecule has 0 rings (SSSR count). The van der Waals surface area contributed by atoms with E-state index in [1.165, 1.54) is 89.9 Å². The van der Waals surface area contributed by atoms with Crippen LogP contribution in [0.3, 0.4) is 0 Å². The topological polar surface area (TPSA) is 20.2 Å². The highest BCUT2D eigenvalue weighted by Crippen LogP contribution is 2.15. The number of hydrogen-bond acceptors (Lipinski definition) is 1. The molecule has 0 spiro atoms. The van der Waals surface area contributed by atoms with Crippen LogP contribution in [-0.4, -0.2) is 11.7 Å². The zero-order valence-electron chi connectivity index (χ0n) is 15.8. The molecule has 0 heterocycles. The normalized spacial score (nSPS) is 12.8. The van der Waals surface area contributed by atoms with Gasteiger partial charge in [0.1, 0.15) is 0 Å². The lowest BCUT2D eigenvalue weighted by Gasteiger charge is -2.09. The highest BCUT2D eigenvalue weighted by atomic mass is 16.3. The SMILES string of the molecule is C=CCCCCCCCCCC(C=CCCCCCCC)CO. The molecule has 0 bridgehead atoms. The Morgan fingerprint density at radius 3 is 1.96 bits per heavy atom. The minimum absolute atomic E-state index is 0.313. The first kappa shape index (κ1) is 22.4. The molecule has 1 atom stereocenters. The highest BCUT2D eigenvalue weighted by molar-refractivity contribution is 4.88. The average Bonchev–Trinajstić information content (AvgIpc) is 2.57. The molecule has 0 aliphatic carbocycles. The molecule has 1 N–H and O–H groups in total. The largest absolute Gasteiger partial charge is 0.396 e. The van der Waals surface area contributed by atoms with Gasteiger partial charge in [-0.1, -0.05) is 89.4 Å². The molecular formula is C22H42O. The monoisotopic (exact) mass is 322 g/mol. The smallest absolute Gasteiger partial charge is 0.0493 e. The van der Waals surface area contributed by atoms with Crippen molar-refractivity contribution >= 4 is 0 Å². The van der Waals surface area contributed by atoms with Gasteiger partial charge in [0.2, 0.25) is 0 Å². The molecule has 0 amide bonds. The van der Waals surface area contributed by atoms with Crippen molar-refractivity contribution in [2.45, 2.75) is 103 Å². The van der Waals surface area contributed by atoms with Crippen LogP contribution in [-0.2, 0) is 0 Å². The molecule has 1 unspecified atom stereocenters. The van der Waals surface area contributed by atoms with Crippen LogP contribution in [0.25, 0.3) is 0 Å². The number of hydrogen-bond donors (Lipinski definition) is 1. The second-order valence-electron chi connectivity index (χ2n) is 6.91. The Morgan fingerprint density at radius 2 is 1.35 bits per heavy atom. The first-order valence-electron chi connectivity index (χ1n) is 10.2. The lowest BCUT2D eigenvalue weighted by Crippen LogP contribution is -2.02. The number of unbranched alkanes of at least 4 members (excludes halogenated alkanes) is 12. The third kappa shape index (κ3) is 17.6. The predicted octanol–water partition coefficient (Wildman–Crippen LogP) is 7.21. The van der Waals surface area contributed by atoms with Crippen LogP contribution < -0.4 is 0 Å². The quantitative estimate of drug-likeness (QED) is 0.209. The molecule has 0 saturated heterocycles. The molecule has 0 fully saturated rings. The number of aliphatic hydroxyl groups is 1. The van der Waals surface area contributed by atoms with Crippen LogP contribution in [0.5, 0.6) is 0 Å². The summed E-state index contributed by atoms with van der Waals surface area (Å²) in [5.41, 5.74) is 0. The predicted molar refractivity (Wildman–Crippen MR) is 105 cm³/mol. The standard InChI is InChI=1S/C22H42O/c1-3-5-7-9-11-12-14-16-18-20-22(21-23)19-17-15-13-10-8-6-4-2/h3,17,19,22-23H,1,4-16,18,20-21H2,2H3. The summed E-state index contributed by atoms with van der Waals surface area (Å²) in [5.74, 6) is 0.387. The second kappa shape index (κ2) is 19.5. The van der Waals surface area contributed by atoms with E-state index in [-0.39, 0.29) is 0 Å². The van der Waals surface area contributed by atoms with E-state index in [1.807, 2.05) is 6.08 Å². The van der Waals surface area contributed by atoms with Crippen LogP contribution in [0.15, 0.2) is 24.8 Å². The summed E-state index contributed by atoms with van der Waals surface area (Å²) in [4.78, 5) is 0. The summed E-state index contributed by atoms with van der Waals surface area (Å²) in [7, 11) is 0. The van der Waals surface area contributed by atoms with E-state index in [0.717, 1.165) is 6.42 Å². The molecule has 1 heteroatoms. The Hall–Kier alpha value is -0.560. The van der Waals surface area contributed by atoms with Gasteiger partial charge in [-0.2, -0.15) is 0 Å². The molecule has 0 aliphatic heterocycles. The van der Waals surface area contributed by atoms with Gasteiger partial charge in [0.05, 0.1) is 0 Å². The molecule has 0 aromatic heterocycles. The van der Waals surface area contributed by atoms with Gasteiger partial charge in [-0.05, 0) is 38.0 Å². The minimum atomic E-state index is 0.313. The van der Waals surface area contributed by atoms with Gasteiger partial charge in [0.25, 0.3) is 0 Å². The van der Waals surface area contributed by atoms with Crippen LogP contribution in [0.1, 0.15) is 103 Å². The maximum Gasteiger partial charge on any atom is 0.0493 e. The number of allylic oxidation sites excluding steroid dienone is 2. The minimum Gasteiger partial charge on any atom is -0.396 e. The fourth-order valence-corrected chi connectivity index (χ4v) is 2.98. The van der Waals surface area contributed by atoms with E-state index in [1.54, 1.807) is 0 Å². The van der Waals surface area contributed by atoms with E-state index >= 15 is 0 Å². The van der Waals surface area contributed by atoms with E-state index in [0.29, 0.717) is 12.5 Å². The Kier molecular flexibility index (Phi) is 19.0. The van der Waals surface area contributed by atoms with Crippen molar-refractivity contribution in [2.24, 2.45) is 5.92 Å². The first-order chi connectivity index (χ1) is 11.3. The molecule has 0 radical (unpaired) electrons. The van der Waals surface area contributed by atoms with Gasteiger partial charge in [-0.3, -0.25) is 0 Å². The van der Waals surface area contributed by atoms with Crippen molar-refractivity contribution in [3.05, 3.63) is 24.8 Å². The van der Waals surface area contributed by atoms with Crippen molar-refractivity contribution in [3.8, 4) is 0 Å². The Labute approximate surface area is 146 Å². The van der Waals surface area contributed by atoms with Crippen molar-refractivity contribution in [1.82, 2.24) is 0 Å². The Morgan fingerprint density at radius 1 is 0.783 bits per heavy atom. The summed E-state index contributed by atoms with van der Waals surface area (Å²) in [5, 5.41) is 9.46. The van der Waals surface area contributed by atoms with Gasteiger partial charge in [-0.15, -0.1) is 6.58 Å². The van der Waals surface area contributed by atoms with Crippen LogP contribution >= 0.6 is 0 Å². The molecule has 1 nitrogen and oxygen atoms in total. The van der Waals surface area contributed by atoms with Crippen molar-refractivity contribution in [1.29, 1.82) is 0 Å². The van der Waals surface area contributed by atoms with Crippen LogP contribution in [0.4, 0.5) is 0 Å². The second-order valence-corrected chi connectivity index (χ2v) is 6.91. The van der Waals surface area contributed by atoms with E-state index in [9.17, 15) is 5.11 Å². The Bertz CT molecular complexity index is 257. The molecule has 23 heavy (non-hydrogen) atoms. The van der Waals surface area contributed by atoms with Gasteiger partial charge in [0.15, 0.2) is 0 Å². The summed E-state index contributed by atoms with van der Waals surface area (Å²) in [6.45, 7) is 6.33. The van der Waals surface area contributed by atoms with E-state index in [4.69, 9.17) is 0 Å². The van der Waals surface area contributed by atoms with Crippen molar-refractivity contribution in [3.63, 3.8) is 0 Å². The average molecular weight is 323 g/mol. The molecule has 0 aromatic rings. The van der Waals surface area contributed by atoms with E-state index < -0.39 is 0 Å². The summed E-state index contributed by atoms with van der Waals surface area (Å²) >= 11 is 0. The van der Waals surface area contributed by atoms with Gasteiger partial charge < -0.3 is 5.11 Å². The molecular weight excluding hydrogens is 280 g/mol. The zero-order chi connectivity index (χ0) is 17.0. The maximum atomic E-state index is 9.46. The fourth-order valence-electron chi connectivity index (χ4n) is 2.98. The van der Waals surface area contributed by atoms with Crippen LogP contribution in [0.2, 0.25) is 0 Å². The fraction of sp³-hybridized carbons (Fsp3) is 0.818. The lowest BCUT2D eigenvalue weighted by molar-refractivity contribution is 0.243. The van der Waals surface area contributed by atoms with Crippen molar-refractivity contribution in [2.75, 3.05) is 6.61 Å². The molecule has 0 aromatic carbocycles. The number of aliphatic hydroxyl groups excluding tert-OH is 1. The summed E-state index contributed by atoms with van der Waals surface area (Å²) < 4.78 is 0. The lowest BCUT2D eigenvalue weighted by atomic mass is 9.99. The van der Waals surface area contributed by atoms with E-state index in [2.05, 4.69) is 25.7 Å². The number of rotatable bonds is 18. The zero-order valence-corrected chi connectivity index (χ0v) is 15.8. The van der Waals surface area contributed by atoms with Crippen molar-refractivity contribution < 1.29 is 5.11 Å². The highest BCUT2D eigenvalue weighted by Gasteiger charge is 2.02. The van der Waals surface area contributed by atoms with Gasteiger partial charge in [-0.25, -0.2) is 0 Å². The van der Waals surface area contributed by atoms with Crippen LogP contribution in [0, 0.1) is 5.92 Å². The third-order valence-electron chi connectivity index (χ3n) is 4.60. The third-order valence-corrected chi connectivity index (χ3v) is 4.60. The molecule has 136 valence electrons. The summed E-state index contributed by atoms with van der Waals surface area (Å²) in [6, 6.07) is 0. The summed E-state index contributed by atoms with van der Waals surface area (Å²) in [6.07, 6.45) is 26.2. The van der Waals surface area contributed by atoms with Gasteiger partial charge >= 0.3 is 0 Å². The Balaban J connectivity index is 3.42. The molecule has 0 saturated carbocycles. The maximum absolute atomic E-state index is 9.46. The first-order valence-corrected chi connectivity index (χ1v) is 10.2. The molecule has 0 aliphatic rings.